The Morgan fingerprint density at radius 1 is 1.39 bits per heavy atom. The van der Waals surface area contributed by atoms with Crippen molar-refractivity contribution in [3.63, 3.8) is 0 Å². The first-order valence-corrected chi connectivity index (χ1v) is 6.57. The highest BCUT2D eigenvalue weighted by Gasteiger charge is 2.10. The van der Waals surface area contributed by atoms with Crippen LogP contribution in [0.2, 0.25) is 0 Å². The Kier molecular flexibility index (Phi) is 4.01. The standard InChI is InChI=1S/C13H15BrN2O2/c1-8(2)13-15-12(18-16-13)7-17-11-5-4-9(3)6-10(11)14/h4-6,8H,7H2,1-3H3. The van der Waals surface area contributed by atoms with E-state index >= 15 is 0 Å². The topological polar surface area (TPSA) is 48.2 Å². The first-order valence-electron chi connectivity index (χ1n) is 5.77. The molecule has 0 radical (unpaired) electrons. The molecule has 18 heavy (non-hydrogen) atoms. The van der Waals surface area contributed by atoms with Crippen LogP contribution in [0.1, 0.15) is 37.0 Å². The molecular weight excluding hydrogens is 296 g/mol. The van der Waals surface area contributed by atoms with E-state index in [-0.39, 0.29) is 12.5 Å². The van der Waals surface area contributed by atoms with Crippen LogP contribution in [0, 0.1) is 6.92 Å². The highest BCUT2D eigenvalue weighted by Crippen LogP contribution is 2.26. The van der Waals surface area contributed by atoms with Crippen molar-refractivity contribution in [3.05, 3.63) is 40.0 Å². The second-order valence-electron chi connectivity index (χ2n) is 4.42. The van der Waals surface area contributed by atoms with Gasteiger partial charge in [-0.2, -0.15) is 4.98 Å². The van der Waals surface area contributed by atoms with Crippen LogP contribution in [0.3, 0.4) is 0 Å². The van der Waals surface area contributed by atoms with E-state index in [0.29, 0.717) is 11.7 Å². The number of hydrogen-bond donors (Lipinski definition) is 0. The number of rotatable bonds is 4. The Morgan fingerprint density at radius 3 is 2.78 bits per heavy atom. The van der Waals surface area contributed by atoms with E-state index < -0.39 is 0 Å². The lowest BCUT2D eigenvalue weighted by Gasteiger charge is -2.06. The molecule has 0 atom stereocenters. The molecule has 1 heterocycles. The van der Waals surface area contributed by atoms with Gasteiger partial charge < -0.3 is 9.26 Å². The second-order valence-corrected chi connectivity index (χ2v) is 5.28. The fourth-order valence-electron chi connectivity index (χ4n) is 1.42. The summed E-state index contributed by atoms with van der Waals surface area (Å²) < 4.78 is 11.7. The average Bonchev–Trinajstić information content (AvgIpc) is 2.76. The van der Waals surface area contributed by atoms with E-state index in [2.05, 4.69) is 26.1 Å². The number of nitrogens with zero attached hydrogens (tertiary/aromatic N) is 2. The summed E-state index contributed by atoms with van der Waals surface area (Å²) >= 11 is 3.46. The van der Waals surface area contributed by atoms with Crippen LogP contribution in [0.4, 0.5) is 0 Å². The van der Waals surface area contributed by atoms with Crippen LogP contribution >= 0.6 is 15.9 Å². The highest BCUT2D eigenvalue weighted by atomic mass is 79.9. The number of ether oxygens (including phenoxy) is 1. The van der Waals surface area contributed by atoms with Gasteiger partial charge in [-0.3, -0.25) is 0 Å². The maximum Gasteiger partial charge on any atom is 0.264 e. The molecule has 5 heteroatoms. The van der Waals surface area contributed by atoms with Crippen LogP contribution in [-0.2, 0) is 6.61 Å². The van der Waals surface area contributed by atoms with E-state index in [1.807, 2.05) is 39.0 Å². The van der Waals surface area contributed by atoms with Crippen molar-refractivity contribution in [2.75, 3.05) is 0 Å². The van der Waals surface area contributed by atoms with E-state index in [4.69, 9.17) is 9.26 Å². The van der Waals surface area contributed by atoms with E-state index in [0.717, 1.165) is 10.2 Å². The van der Waals surface area contributed by atoms with E-state index in [9.17, 15) is 0 Å². The predicted molar refractivity (Wildman–Crippen MR) is 71.6 cm³/mol. The summed E-state index contributed by atoms with van der Waals surface area (Å²) in [6.45, 7) is 6.35. The van der Waals surface area contributed by atoms with Crippen molar-refractivity contribution >= 4 is 15.9 Å². The van der Waals surface area contributed by atoms with E-state index in [1.54, 1.807) is 0 Å². The molecule has 4 nitrogen and oxygen atoms in total. The fourth-order valence-corrected chi connectivity index (χ4v) is 2.03. The molecule has 1 aromatic heterocycles. The minimum atomic E-state index is 0.258. The van der Waals surface area contributed by atoms with E-state index in [1.165, 1.54) is 5.56 Å². The fraction of sp³-hybridized carbons (Fsp3) is 0.385. The maximum absolute atomic E-state index is 5.63. The summed E-state index contributed by atoms with van der Waals surface area (Å²) in [6.07, 6.45) is 0. The van der Waals surface area contributed by atoms with Gasteiger partial charge in [0.25, 0.3) is 5.89 Å². The minimum Gasteiger partial charge on any atom is -0.483 e. The van der Waals surface area contributed by atoms with Gasteiger partial charge in [-0.1, -0.05) is 25.1 Å². The predicted octanol–water partition coefficient (Wildman–Crippen LogP) is 3.84. The molecule has 0 aliphatic rings. The molecule has 0 fully saturated rings. The molecule has 96 valence electrons. The number of hydrogen-bond acceptors (Lipinski definition) is 4. The molecule has 0 aliphatic carbocycles. The van der Waals surface area contributed by atoms with Gasteiger partial charge in [-0.15, -0.1) is 0 Å². The lowest BCUT2D eigenvalue weighted by molar-refractivity contribution is 0.241. The SMILES string of the molecule is Cc1ccc(OCc2nc(C(C)C)no2)c(Br)c1. The zero-order valence-electron chi connectivity index (χ0n) is 10.6. The van der Waals surface area contributed by atoms with Gasteiger partial charge in [-0.25, -0.2) is 0 Å². The molecule has 0 N–H and O–H groups in total. The third-order valence-electron chi connectivity index (χ3n) is 2.44. The summed E-state index contributed by atoms with van der Waals surface area (Å²) in [7, 11) is 0. The number of benzene rings is 1. The average molecular weight is 311 g/mol. The summed E-state index contributed by atoms with van der Waals surface area (Å²) in [5.41, 5.74) is 1.18. The van der Waals surface area contributed by atoms with Gasteiger partial charge in [-0.05, 0) is 40.5 Å². The van der Waals surface area contributed by atoms with Crippen molar-refractivity contribution < 1.29 is 9.26 Å². The third-order valence-corrected chi connectivity index (χ3v) is 3.06. The van der Waals surface area contributed by atoms with Crippen molar-refractivity contribution in [2.45, 2.75) is 33.3 Å². The van der Waals surface area contributed by atoms with Gasteiger partial charge in [0.05, 0.1) is 4.47 Å². The third kappa shape index (κ3) is 3.10. The van der Waals surface area contributed by atoms with Crippen LogP contribution < -0.4 is 4.74 Å². The van der Waals surface area contributed by atoms with Gasteiger partial charge in [0.15, 0.2) is 12.4 Å². The first kappa shape index (κ1) is 13.1. The first-order chi connectivity index (χ1) is 8.56. The molecule has 0 saturated heterocycles. The molecule has 2 aromatic rings. The lowest BCUT2D eigenvalue weighted by atomic mass is 10.2. The number of aryl methyl sites for hydroxylation is 1. The second kappa shape index (κ2) is 5.52. The van der Waals surface area contributed by atoms with Gasteiger partial charge in [0, 0.05) is 5.92 Å². The van der Waals surface area contributed by atoms with Crippen LogP contribution in [0.15, 0.2) is 27.2 Å². The monoisotopic (exact) mass is 310 g/mol. The highest BCUT2D eigenvalue weighted by molar-refractivity contribution is 9.10. The van der Waals surface area contributed by atoms with Crippen molar-refractivity contribution in [1.82, 2.24) is 10.1 Å². The van der Waals surface area contributed by atoms with Gasteiger partial charge in [0.2, 0.25) is 0 Å². The maximum atomic E-state index is 5.63. The van der Waals surface area contributed by atoms with Crippen LogP contribution in [0.25, 0.3) is 0 Å². The summed E-state index contributed by atoms with van der Waals surface area (Å²) in [4.78, 5) is 4.25. The molecule has 0 aliphatic heterocycles. The van der Waals surface area contributed by atoms with Crippen LogP contribution in [-0.4, -0.2) is 10.1 Å². The Labute approximate surface area is 114 Å². The molecule has 0 saturated carbocycles. The summed E-state index contributed by atoms with van der Waals surface area (Å²) in [5, 5.41) is 3.89. The number of halogens is 1. The normalized spacial score (nSPS) is 10.9. The quantitative estimate of drug-likeness (QED) is 0.860. The Balaban J connectivity index is 2.02. The van der Waals surface area contributed by atoms with Crippen molar-refractivity contribution in [2.24, 2.45) is 0 Å². The summed E-state index contributed by atoms with van der Waals surface area (Å²) in [6, 6.07) is 5.91. The van der Waals surface area contributed by atoms with Gasteiger partial charge in [0.1, 0.15) is 5.75 Å². The Bertz CT molecular complexity index is 538. The molecule has 2 rings (SSSR count). The zero-order valence-corrected chi connectivity index (χ0v) is 12.2. The molecule has 0 spiro atoms. The van der Waals surface area contributed by atoms with Crippen molar-refractivity contribution in [1.29, 1.82) is 0 Å². The zero-order chi connectivity index (χ0) is 13.1. The molecule has 1 aromatic carbocycles. The van der Waals surface area contributed by atoms with Crippen molar-refractivity contribution in [3.8, 4) is 5.75 Å². The Morgan fingerprint density at radius 2 is 2.17 bits per heavy atom. The minimum absolute atomic E-state index is 0.258. The molecule has 0 bridgehead atoms. The number of aromatic nitrogens is 2. The summed E-state index contributed by atoms with van der Waals surface area (Å²) in [5.74, 6) is 2.22. The van der Waals surface area contributed by atoms with Crippen LogP contribution in [0.5, 0.6) is 5.75 Å². The lowest BCUT2D eigenvalue weighted by Crippen LogP contribution is -1.97. The molecule has 0 unspecified atom stereocenters. The molecular formula is C13H15BrN2O2. The van der Waals surface area contributed by atoms with Gasteiger partial charge >= 0.3 is 0 Å². The Hall–Kier alpha value is -1.36. The smallest absolute Gasteiger partial charge is 0.264 e. The molecule has 0 amide bonds. The largest absolute Gasteiger partial charge is 0.483 e.